The number of nitrogens with one attached hydrogen (secondary N) is 1. The van der Waals surface area contributed by atoms with Crippen LogP contribution in [0.4, 0.5) is 0 Å². The van der Waals surface area contributed by atoms with Crippen LogP contribution in [0.5, 0.6) is 0 Å². The van der Waals surface area contributed by atoms with Crippen LogP contribution in [0, 0.1) is 5.92 Å². The zero-order chi connectivity index (χ0) is 8.55. The number of carbonyl (C=O) groups is 1. The predicted octanol–water partition coefficient (Wildman–Crippen LogP) is 0.690. The second kappa shape index (κ2) is 3.05. The van der Waals surface area contributed by atoms with E-state index in [2.05, 4.69) is 5.32 Å². The molecular formula is C9H15NO2. The fraction of sp³-hybridized carbons (Fsp3) is 0.889. The van der Waals surface area contributed by atoms with Crippen LogP contribution in [-0.2, 0) is 9.53 Å². The van der Waals surface area contributed by atoms with Gasteiger partial charge < -0.3 is 10.1 Å². The third-order valence-corrected chi connectivity index (χ3v) is 3.11. The zero-order valence-corrected chi connectivity index (χ0v) is 7.38. The van der Waals surface area contributed by atoms with Crippen molar-refractivity contribution >= 4 is 5.97 Å². The quantitative estimate of drug-likeness (QED) is 0.587. The van der Waals surface area contributed by atoms with Crippen LogP contribution >= 0.6 is 0 Å². The van der Waals surface area contributed by atoms with E-state index in [1.165, 1.54) is 32.8 Å². The Balaban J connectivity index is 2.03. The Morgan fingerprint density at radius 2 is 2.00 bits per heavy atom. The first kappa shape index (κ1) is 8.05. The van der Waals surface area contributed by atoms with E-state index >= 15 is 0 Å². The number of hydrogen-bond acceptors (Lipinski definition) is 3. The van der Waals surface area contributed by atoms with Gasteiger partial charge in [0.15, 0.2) is 0 Å². The third-order valence-electron chi connectivity index (χ3n) is 3.11. The number of piperidine rings is 2. The number of methoxy groups -OCH3 is 1. The molecule has 3 heteroatoms. The molecule has 0 amide bonds. The Morgan fingerprint density at radius 3 is 2.42 bits per heavy atom. The van der Waals surface area contributed by atoms with Crippen molar-refractivity contribution in [1.82, 2.24) is 5.32 Å². The third kappa shape index (κ3) is 1.22. The molecule has 3 fully saturated rings. The first-order chi connectivity index (χ1) is 5.81. The molecule has 1 atom stereocenters. The molecule has 0 aromatic carbocycles. The molecule has 3 rings (SSSR count). The van der Waals surface area contributed by atoms with Gasteiger partial charge in [-0.15, -0.1) is 0 Å². The Labute approximate surface area is 72.5 Å². The van der Waals surface area contributed by atoms with E-state index in [1.807, 2.05) is 0 Å². The number of fused-ring (bicyclic) bond motifs is 3. The molecule has 3 nitrogen and oxygen atoms in total. The number of carbonyl (C=O) groups excluding carboxylic acids is 1. The molecule has 0 aromatic heterocycles. The van der Waals surface area contributed by atoms with E-state index in [4.69, 9.17) is 4.74 Å². The summed E-state index contributed by atoms with van der Waals surface area (Å²) in [6, 6.07) is 0.557. The molecule has 2 heterocycles. The molecule has 0 spiro atoms. The average molecular weight is 169 g/mol. The van der Waals surface area contributed by atoms with Crippen LogP contribution in [0.1, 0.15) is 25.7 Å². The maximum atomic E-state index is 11.3. The maximum absolute atomic E-state index is 11.3. The van der Waals surface area contributed by atoms with Crippen molar-refractivity contribution in [2.45, 2.75) is 37.8 Å². The van der Waals surface area contributed by atoms with Gasteiger partial charge in [0.25, 0.3) is 0 Å². The van der Waals surface area contributed by atoms with Crippen molar-refractivity contribution in [3.8, 4) is 0 Å². The smallest absolute Gasteiger partial charge is 0.323 e. The van der Waals surface area contributed by atoms with Gasteiger partial charge in [-0.1, -0.05) is 0 Å². The fourth-order valence-electron chi connectivity index (χ4n) is 2.40. The maximum Gasteiger partial charge on any atom is 0.323 e. The SMILES string of the molecule is COC(=O)[C@H]1NC2CCC1CC2. The standard InChI is InChI=1S/C9H15NO2/c1-12-9(11)8-6-2-4-7(10-8)5-3-6/h6-8,10H,2-5H2,1H3/t6?,7?,8-/m0/s1. The predicted molar refractivity (Wildman–Crippen MR) is 44.7 cm³/mol. The Kier molecular flexibility index (Phi) is 2.05. The summed E-state index contributed by atoms with van der Waals surface area (Å²) < 4.78 is 4.74. The molecule has 0 unspecified atom stereocenters. The van der Waals surface area contributed by atoms with Crippen LogP contribution in [0.2, 0.25) is 0 Å². The Hall–Kier alpha value is -0.570. The summed E-state index contributed by atoms with van der Waals surface area (Å²) in [5, 5.41) is 3.33. The minimum atomic E-state index is -0.0793. The molecule has 2 aliphatic heterocycles. The fourth-order valence-corrected chi connectivity index (χ4v) is 2.40. The molecule has 12 heavy (non-hydrogen) atoms. The highest BCUT2D eigenvalue weighted by atomic mass is 16.5. The summed E-state index contributed by atoms with van der Waals surface area (Å²) in [6.07, 6.45) is 4.85. The first-order valence-electron chi connectivity index (χ1n) is 4.65. The summed E-state index contributed by atoms with van der Waals surface area (Å²) in [5.41, 5.74) is 0. The molecule has 2 bridgehead atoms. The van der Waals surface area contributed by atoms with Crippen molar-refractivity contribution in [2.75, 3.05) is 7.11 Å². The molecule has 0 aromatic rings. The van der Waals surface area contributed by atoms with Gasteiger partial charge in [0.1, 0.15) is 6.04 Å². The van der Waals surface area contributed by atoms with Crippen LogP contribution in [0.3, 0.4) is 0 Å². The summed E-state index contributed by atoms with van der Waals surface area (Å²) in [6.45, 7) is 0. The van der Waals surface area contributed by atoms with Gasteiger partial charge >= 0.3 is 5.97 Å². The lowest BCUT2D eigenvalue weighted by atomic mass is 9.76. The number of esters is 1. The molecule has 1 aliphatic carbocycles. The molecule has 1 saturated carbocycles. The van der Waals surface area contributed by atoms with Crippen molar-refractivity contribution in [3.05, 3.63) is 0 Å². The molecule has 3 aliphatic rings. The van der Waals surface area contributed by atoms with Crippen LogP contribution < -0.4 is 5.32 Å². The van der Waals surface area contributed by atoms with Gasteiger partial charge in [-0.05, 0) is 31.6 Å². The monoisotopic (exact) mass is 169 g/mol. The summed E-state index contributed by atoms with van der Waals surface area (Å²) in [7, 11) is 1.46. The van der Waals surface area contributed by atoms with Gasteiger partial charge in [-0.2, -0.15) is 0 Å². The van der Waals surface area contributed by atoms with E-state index in [0.717, 1.165) is 0 Å². The Morgan fingerprint density at radius 1 is 1.33 bits per heavy atom. The van der Waals surface area contributed by atoms with Gasteiger partial charge in [0.05, 0.1) is 7.11 Å². The molecular weight excluding hydrogens is 154 g/mol. The van der Waals surface area contributed by atoms with Gasteiger partial charge in [-0.3, -0.25) is 4.79 Å². The van der Waals surface area contributed by atoms with Crippen molar-refractivity contribution in [2.24, 2.45) is 5.92 Å². The highest BCUT2D eigenvalue weighted by molar-refractivity contribution is 5.76. The largest absolute Gasteiger partial charge is 0.468 e. The highest BCUT2D eigenvalue weighted by Gasteiger charge is 2.39. The number of ether oxygens (including phenoxy) is 1. The second-order valence-electron chi connectivity index (χ2n) is 3.78. The van der Waals surface area contributed by atoms with Gasteiger partial charge in [-0.25, -0.2) is 0 Å². The summed E-state index contributed by atoms with van der Waals surface area (Å²) in [4.78, 5) is 11.3. The van der Waals surface area contributed by atoms with E-state index < -0.39 is 0 Å². The lowest BCUT2D eigenvalue weighted by molar-refractivity contribution is -0.147. The number of rotatable bonds is 1. The highest BCUT2D eigenvalue weighted by Crippen LogP contribution is 2.33. The van der Waals surface area contributed by atoms with Crippen molar-refractivity contribution < 1.29 is 9.53 Å². The first-order valence-corrected chi connectivity index (χ1v) is 4.65. The van der Waals surface area contributed by atoms with E-state index in [1.54, 1.807) is 0 Å². The van der Waals surface area contributed by atoms with Crippen LogP contribution in [0.15, 0.2) is 0 Å². The lowest BCUT2D eigenvalue weighted by Gasteiger charge is -2.41. The number of hydrogen-bond donors (Lipinski definition) is 1. The van der Waals surface area contributed by atoms with Crippen LogP contribution in [-0.4, -0.2) is 25.2 Å². The van der Waals surface area contributed by atoms with Crippen molar-refractivity contribution in [1.29, 1.82) is 0 Å². The lowest BCUT2D eigenvalue weighted by Crippen LogP contribution is -2.56. The molecule has 0 radical (unpaired) electrons. The normalized spacial score (nSPS) is 39.6. The van der Waals surface area contributed by atoms with Gasteiger partial charge in [0, 0.05) is 6.04 Å². The molecule has 2 saturated heterocycles. The second-order valence-corrected chi connectivity index (χ2v) is 3.78. The molecule has 1 N–H and O–H groups in total. The Bertz CT molecular complexity index is 185. The zero-order valence-electron chi connectivity index (χ0n) is 7.38. The van der Waals surface area contributed by atoms with E-state index in [0.29, 0.717) is 12.0 Å². The summed E-state index contributed by atoms with van der Waals surface area (Å²) >= 11 is 0. The minimum absolute atomic E-state index is 0.0116. The van der Waals surface area contributed by atoms with Crippen LogP contribution in [0.25, 0.3) is 0 Å². The van der Waals surface area contributed by atoms with E-state index in [9.17, 15) is 4.79 Å². The van der Waals surface area contributed by atoms with E-state index in [-0.39, 0.29) is 12.0 Å². The minimum Gasteiger partial charge on any atom is -0.468 e. The average Bonchev–Trinajstić information content (AvgIpc) is 2.18. The van der Waals surface area contributed by atoms with Crippen molar-refractivity contribution in [3.63, 3.8) is 0 Å². The summed E-state index contributed by atoms with van der Waals surface area (Å²) in [5.74, 6) is 0.451. The molecule has 68 valence electrons. The topological polar surface area (TPSA) is 38.3 Å². The van der Waals surface area contributed by atoms with Gasteiger partial charge in [0.2, 0.25) is 0 Å².